The van der Waals surface area contributed by atoms with E-state index in [2.05, 4.69) is 0 Å². The molecule has 0 radical (unpaired) electrons. The van der Waals surface area contributed by atoms with Gasteiger partial charge in [0.2, 0.25) is 0 Å². The number of carboxylic acids is 1. The van der Waals surface area contributed by atoms with Gasteiger partial charge in [-0.1, -0.05) is 12.1 Å². The first kappa shape index (κ1) is 14.9. The average Bonchev–Trinajstić information content (AvgIpc) is 3.21. The number of alkyl halides is 2. The van der Waals surface area contributed by atoms with Crippen LogP contribution in [0.1, 0.15) is 41.6 Å². The summed E-state index contributed by atoms with van der Waals surface area (Å²) in [6.07, 6.45) is -0.570. The first-order valence-corrected chi connectivity index (χ1v) is 7.33. The van der Waals surface area contributed by atoms with Gasteiger partial charge in [-0.2, -0.15) is 0 Å². The Morgan fingerprint density at radius 1 is 1.27 bits per heavy atom. The standard InChI is InChI=1S/C16H17F2NO3/c17-13(18)10-2-1-3-11(8-10)14(20)19-6-4-16(5-7-19)9-12(16)15(21)22/h1-3,8,12-13H,4-7,9H2,(H,21,22). The van der Waals surface area contributed by atoms with Gasteiger partial charge in [-0.15, -0.1) is 0 Å². The molecule has 2 aliphatic rings. The van der Waals surface area contributed by atoms with E-state index in [-0.39, 0.29) is 28.4 Å². The average molecular weight is 309 g/mol. The third-order valence-electron chi connectivity index (χ3n) is 4.92. The number of aliphatic carboxylic acids is 1. The summed E-state index contributed by atoms with van der Waals surface area (Å²) in [5, 5.41) is 9.05. The molecule has 1 heterocycles. The second-order valence-electron chi connectivity index (χ2n) is 6.18. The molecule has 0 bridgehead atoms. The molecule has 1 atom stereocenters. The van der Waals surface area contributed by atoms with E-state index in [0.29, 0.717) is 32.4 Å². The monoisotopic (exact) mass is 309 g/mol. The largest absolute Gasteiger partial charge is 0.481 e. The van der Waals surface area contributed by atoms with Crippen LogP contribution in [0.4, 0.5) is 8.78 Å². The molecule has 1 saturated heterocycles. The van der Waals surface area contributed by atoms with Crippen molar-refractivity contribution in [2.45, 2.75) is 25.7 Å². The van der Waals surface area contributed by atoms with Crippen LogP contribution in [0.2, 0.25) is 0 Å². The van der Waals surface area contributed by atoms with Gasteiger partial charge < -0.3 is 10.0 Å². The Morgan fingerprint density at radius 2 is 1.95 bits per heavy atom. The third-order valence-corrected chi connectivity index (χ3v) is 4.92. The van der Waals surface area contributed by atoms with Crippen molar-refractivity contribution < 1.29 is 23.5 Å². The Bertz CT molecular complexity index is 609. The maximum Gasteiger partial charge on any atom is 0.307 e. The Labute approximate surface area is 126 Å². The normalized spacial score (nSPS) is 22.9. The molecule has 1 spiro atoms. The van der Waals surface area contributed by atoms with Gasteiger partial charge in [0.25, 0.3) is 12.3 Å². The van der Waals surface area contributed by atoms with Crippen molar-refractivity contribution in [3.8, 4) is 0 Å². The number of halogens is 2. The number of likely N-dealkylation sites (tertiary alicyclic amines) is 1. The highest BCUT2D eigenvalue weighted by Crippen LogP contribution is 2.59. The van der Waals surface area contributed by atoms with Gasteiger partial charge in [-0.05, 0) is 36.8 Å². The maximum atomic E-state index is 12.7. The Morgan fingerprint density at radius 3 is 2.50 bits per heavy atom. The number of nitrogens with zero attached hydrogens (tertiary/aromatic N) is 1. The lowest BCUT2D eigenvalue weighted by atomic mass is 9.90. The molecular weight excluding hydrogens is 292 g/mol. The smallest absolute Gasteiger partial charge is 0.307 e. The summed E-state index contributed by atoms with van der Waals surface area (Å²) in [4.78, 5) is 25.0. The maximum absolute atomic E-state index is 12.7. The molecule has 1 unspecified atom stereocenters. The first-order chi connectivity index (χ1) is 10.4. The van der Waals surface area contributed by atoms with E-state index < -0.39 is 12.4 Å². The highest BCUT2D eigenvalue weighted by molar-refractivity contribution is 5.94. The van der Waals surface area contributed by atoms with Crippen LogP contribution >= 0.6 is 0 Å². The molecule has 1 saturated carbocycles. The Kier molecular flexibility index (Phi) is 3.62. The van der Waals surface area contributed by atoms with Crippen LogP contribution in [0.15, 0.2) is 24.3 Å². The van der Waals surface area contributed by atoms with Crippen molar-refractivity contribution in [1.29, 1.82) is 0 Å². The van der Waals surface area contributed by atoms with Crippen molar-refractivity contribution in [3.63, 3.8) is 0 Å². The first-order valence-electron chi connectivity index (χ1n) is 7.33. The quantitative estimate of drug-likeness (QED) is 0.934. The number of hydrogen-bond acceptors (Lipinski definition) is 2. The number of amides is 1. The fourth-order valence-corrected chi connectivity index (χ4v) is 3.39. The fourth-order valence-electron chi connectivity index (χ4n) is 3.39. The number of carboxylic acid groups (broad SMARTS) is 1. The van der Waals surface area contributed by atoms with Crippen molar-refractivity contribution >= 4 is 11.9 Å². The molecule has 1 amide bonds. The molecule has 1 aromatic rings. The number of piperidine rings is 1. The van der Waals surface area contributed by atoms with Crippen LogP contribution in [0.25, 0.3) is 0 Å². The summed E-state index contributed by atoms with van der Waals surface area (Å²) in [6, 6.07) is 5.53. The van der Waals surface area contributed by atoms with E-state index in [1.165, 1.54) is 24.3 Å². The number of hydrogen-bond donors (Lipinski definition) is 1. The lowest BCUT2D eigenvalue weighted by Gasteiger charge is -2.32. The topological polar surface area (TPSA) is 57.6 Å². The van der Waals surface area contributed by atoms with Gasteiger partial charge in [0.15, 0.2) is 0 Å². The molecule has 0 aromatic heterocycles. The SMILES string of the molecule is O=C(O)C1CC12CCN(C(=O)c1cccc(C(F)F)c1)CC2. The summed E-state index contributed by atoms with van der Waals surface area (Å²) in [5.41, 5.74) is -0.0419. The van der Waals surface area contributed by atoms with Gasteiger partial charge in [0, 0.05) is 24.2 Å². The van der Waals surface area contributed by atoms with Crippen LogP contribution in [-0.2, 0) is 4.79 Å². The number of carbonyl (C=O) groups excluding carboxylic acids is 1. The fraction of sp³-hybridized carbons (Fsp3) is 0.500. The molecule has 1 aliphatic heterocycles. The van der Waals surface area contributed by atoms with E-state index in [0.717, 1.165) is 0 Å². The molecular formula is C16H17F2NO3. The molecule has 2 fully saturated rings. The Balaban J connectivity index is 1.65. The molecule has 118 valence electrons. The Hall–Kier alpha value is -1.98. The van der Waals surface area contributed by atoms with E-state index in [1.807, 2.05) is 0 Å². The summed E-state index contributed by atoms with van der Waals surface area (Å²) >= 11 is 0. The summed E-state index contributed by atoms with van der Waals surface area (Å²) in [7, 11) is 0. The summed E-state index contributed by atoms with van der Waals surface area (Å²) in [5.74, 6) is -1.30. The molecule has 1 aromatic carbocycles. The molecule has 3 rings (SSSR count). The molecule has 4 nitrogen and oxygen atoms in total. The number of benzene rings is 1. The van der Waals surface area contributed by atoms with Gasteiger partial charge in [0.1, 0.15) is 0 Å². The van der Waals surface area contributed by atoms with Crippen molar-refractivity contribution in [3.05, 3.63) is 35.4 Å². The van der Waals surface area contributed by atoms with E-state index in [9.17, 15) is 18.4 Å². The molecule has 1 aliphatic carbocycles. The van der Waals surface area contributed by atoms with Crippen molar-refractivity contribution in [2.24, 2.45) is 11.3 Å². The summed E-state index contributed by atoms with van der Waals surface area (Å²) in [6.45, 7) is 0.975. The molecule has 22 heavy (non-hydrogen) atoms. The van der Waals surface area contributed by atoms with Crippen molar-refractivity contribution in [2.75, 3.05) is 13.1 Å². The highest BCUT2D eigenvalue weighted by Gasteiger charge is 2.59. The van der Waals surface area contributed by atoms with E-state index in [1.54, 1.807) is 4.90 Å². The minimum Gasteiger partial charge on any atom is -0.481 e. The van der Waals surface area contributed by atoms with Gasteiger partial charge in [-0.25, -0.2) is 8.78 Å². The van der Waals surface area contributed by atoms with Gasteiger partial charge in [0.05, 0.1) is 5.92 Å². The zero-order valence-electron chi connectivity index (χ0n) is 12.0. The third kappa shape index (κ3) is 2.58. The van der Waals surface area contributed by atoms with Crippen LogP contribution < -0.4 is 0 Å². The van der Waals surface area contributed by atoms with Crippen LogP contribution in [-0.4, -0.2) is 35.0 Å². The van der Waals surface area contributed by atoms with Crippen molar-refractivity contribution in [1.82, 2.24) is 4.90 Å². The molecule has 6 heteroatoms. The van der Waals surface area contributed by atoms with Crippen LogP contribution in [0.5, 0.6) is 0 Å². The predicted octanol–water partition coefficient (Wildman–Crippen LogP) is 2.95. The lowest BCUT2D eigenvalue weighted by Crippen LogP contribution is -2.40. The minimum absolute atomic E-state index is 0.145. The minimum atomic E-state index is -2.60. The van der Waals surface area contributed by atoms with Gasteiger partial charge >= 0.3 is 5.97 Å². The second kappa shape index (κ2) is 5.34. The zero-order chi connectivity index (χ0) is 15.9. The van der Waals surface area contributed by atoms with Crippen LogP contribution in [0.3, 0.4) is 0 Å². The summed E-state index contributed by atoms with van der Waals surface area (Å²) < 4.78 is 25.4. The second-order valence-corrected chi connectivity index (χ2v) is 6.18. The van der Waals surface area contributed by atoms with Gasteiger partial charge in [-0.3, -0.25) is 9.59 Å². The van der Waals surface area contributed by atoms with E-state index >= 15 is 0 Å². The molecule has 1 N–H and O–H groups in total. The highest BCUT2D eigenvalue weighted by atomic mass is 19.3. The van der Waals surface area contributed by atoms with Crippen LogP contribution in [0, 0.1) is 11.3 Å². The van der Waals surface area contributed by atoms with E-state index in [4.69, 9.17) is 5.11 Å². The number of carbonyl (C=O) groups is 2. The lowest BCUT2D eigenvalue weighted by molar-refractivity contribution is -0.139. The number of rotatable bonds is 3. The zero-order valence-corrected chi connectivity index (χ0v) is 12.0. The predicted molar refractivity (Wildman–Crippen MR) is 74.7 cm³/mol.